The second kappa shape index (κ2) is 13.1. The Morgan fingerprint density at radius 1 is 1.24 bits per heavy atom. The van der Waals surface area contributed by atoms with Crippen LogP contribution in [0.2, 0.25) is 0 Å². The minimum absolute atomic E-state index is 0.327. The predicted molar refractivity (Wildman–Crippen MR) is 107 cm³/mol. The van der Waals surface area contributed by atoms with Crippen LogP contribution in [-0.4, -0.2) is 63.5 Å². The molecule has 1 N–H and O–H groups in total. The number of hydrogen-bond acceptors (Lipinski definition) is 4. The Kier molecular flexibility index (Phi) is 12.0. The molecule has 150 valence electrons. The van der Waals surface area contributed by atoms with E-state index in [2.05, 4.69) is 44.8 Å². The fourth-order valence-corrected chi connectivity index (χ4v) is 3.49. The Hall–Kier alpha value is -0.160. The van der Waals surface area contributed by atoms with Gasteiger partial charge in [-0.25, -0.2) is 0 Å². The molecule has 1 aliphatic heterocycles. The maximum absolute atomic E-state index is 5.88. The van der Waals surface area contributed by atoms with Crippen molar-refractivity contribution in [1.82, 2.24) is 10.2 Å². The third-order valence-corrected chi connectivity index (χ3v) is 5.41. The van der Waals surface area contributed by atoms with Gasteiger partial charge in [-0.3, -0.25) is 4.90 Å². The van der Waals surface area contributed by atoms with Gasteiger partial charge in [-0.15, -0.1) is 0 Å². The maximum Gasteiger partial charge on any atom is 0.0826 e. The molecule has 4 heteroatoms. The quantitative estimate of drug-likeness (QED) is 0.478. The fraction of sp³-hybridized carbons (Fsp3) is 1.00. The minimum Gasteiger partial charge on any atom is -0.380 e. The van der Waals surface area contributed by atoms with Crippen LogP contribution < -0.4 is 5.32 Å². The molecule has 1 saturated heterocycles. The highest BCUT2D eigenvalue weighted by Gasteiger charge is 2.20. The van der Waals surface area contributed by atoms with Gasteiger partial charge < -0.3 is 14.8 Å². The van der Waals surface area contributed by atoms with Crippen LogP contribution in [0.15, 0.2) is 0 Å². The zero-order valence-corrected chi connectivity index (χ0v) is 17.6. The molecular weight excluding hydrogens is 312 g/mol. The van der Waals surface area contributed by atoms with Crippen LogP contribution in [-0.2, 0) is 9.47 Å². The van der Waals surface area contributed by atoms with E-state index in [0.29, 0.717) is 11.5 Å². The van der Waals surface area contributed by atoms with Gasteiger partial charge in [-0.05, 0) is 37.1 Å². The average molecular weight is 357 g/mol. The lowest BCUT2D eigenvalue weighted by atomic mass is 9.83. The lowest BCUT2D eigenvalue weighted by Crippen LogP contribution is -2.47. The number of ether oxygens (including phenoxy) is 2. The van der Waals surface area contributed by atoms with Crippen molar-refractivity contribution in [3.63, 3.8) is 0 Å². The maximum atomic E-state index is 5.88. The van der Waals surface area contributed by atoms with Gasteiger partial charge >= 0.3 is 0 Å². The summed E-state index contributed by atoms with van der Waals surface area (Å²) >= 11 is 0. The van der Waals surface area contributed by atoms with Crippen LogP contribution in [0.25, 0.3) is 0 Å². The van der Waals surface area contributed by atoms with Crippen LogP contribution in [0, 0.1) is 11.3 Å². The second-order valence-corrected chi connectivity index (χ2v) is 8.60. The smallest absolute Gasteiger partial charge is 0.0826 e. The van der Waals surface area contributed by atoms with Gasteiger partial charge in [-0.2, -0.15) is 0 Å². The van der Waals surface area contributed by atoms with Crippen molar-refractivity contribution in [2.24, 2.45) is 11.3 Å². The molecule has 0 amide bonds. The Morgan fingerprint density at radius 2 is 2.04 bits per heavy atom. The van der Waals surface area contributed by atoms with Gasteiger partial charge in [0.05, 0.1) is 19.3 Å². The van der Waals surface area contributed by atoms with E-state index in [0.717, 1.165) is 58.5 Å². The largest absolute Gasteiger partial charge is 0.380 e. The molecule has 0 aromatic rings. The zero-order valence-electron chi connectivity index (χ0n) is 17.6. The van der Waals surface area contributed by atoms with E-state index < -0.39 is 0 Å². The molecule has 25 heavy (non-hydrogen) atoms. The summed E-state index contributed by atoms with van der Waals surface area (Å²) in [7, 11) is 0. The summed E-state index contributed by atoms with van der Waals surface area (Å²) in [4.78, 5) is 2.49. The highest BCUT2D eigenvalue weighted by Crippen LogP contribution is 2.27. The van der Waals surface area contributed by atoms with Gasteiger partial charge in [0.15, 0.2) is 0 Å². The number of hydrogen-bond donors (Lipinski definition) is 1. The van der Waals surface area contributed by atoms with Crippen LogP contribution in [0.3, 0.4) is 0 Å². The molecule has 0 aliphatic carbocycles. The molecule has 4 nitrogen and oxygen atoms in total. The van der Waals surface area contributed by atoms with Crippen molar-refractivity contribution in [2.45, 2.75) is 72.8 Å². The summed E-state index contributed by atoms with van der Waals surface area (Å²) in [5, 5.41) is 3.55. The summed E-state index contributed by atoms with van der Waals surface area (Å²) in [5.41, 5.74) is 0.470. The Morgan fingerprint density at radius 3 is 2.76 bits per heavy atom. The van der Waals surface area contributed by atoms with E-state index in [-0.39, 0.29) is 0 Å². The van der Waals surface area contributed by atoms with Crippen LogP contribution >= 0.6 is 0 Å². The molecule has 1 heterocycles. The van der Waals surface area contributed by atoms with E-state index in [1.165, 1.54) is 32.1 Å². The van der Waals surface area contributed by atoms with Crippen molar-refractivity contribution in [2.75, 3.05) is 52.5 Å². The lowest BCUT2D eigenvalue weighted by Gasteiger charge is -2.33. The van der Waals surface area contributed by atoms with E-state index in [1.54, 1.807) is 0 Å². The molecule has 1 fully saturated rings. The molecule has 0 spiro atoms. The topological polar surface area (TPSA) is 33.7 Å². The number of nitrogens with one attached hydrogen (secondary N) is 1. The first-order valence-electron chi connectivity index (χ1n) is 10.6. The van der Waals surface area contributed by atoms with Gasteiger partial charge in [0.1, 0.15) is 0 Å². The van der Waals surface area contributed by atoms with Crippen LogP contribution in [0.4, 0.5) is 0 Å². The van der Waals surface area contributed by atoms with Crippen LogP contribution in [0.5, 0.6) is 0 Å². The molecule has 1 aliphatic rings. The number of morpholine rings is 1. The first kappa shape index (κ1) is 22.9. The molecule has 2 atom stereocenters. The van der Waals surface area contributed by atoms with E-state index >= 15 is 0 Å². The van der Waals surface area contributed by atoms with Crippen molar-refractivity contribution in [1.29, 1.82) is 0 Å². The van der Waals surface area contributed by atoms with Gasteiger partial charge in [0, 0.05) is 32.8 Å². The Bertz CT molecular complexity index is 323. The summed E-state index contributed by atoms with van der Waals surface area (Å²) < 4.78 is 11.8. The monoisotopic (exact) mass is 356 g/mol. The average Bonchev–Trinajstić information content (AvgIpc) is 2.58. The molecule has 1 unspecified atom stereocenters. The molecule has 0 saturated carbocycles. The molecule has 0 aromatic carbocycles. The van der Waals surface area contributed by atoms with Gasteiger partial charge in [0.25, 0.3) is 0 Å². The van der Waals surface area contributed by atoms with E-state index in [9.17, 15) is 0 Å². The summed E-state index contributed by atoms with van der Waals surface area (Å²) in [5.74, 6) is 0.746. The number of nitrogens with zero attached hydrogens (tertiary/aromatic N) is 1. The van der Waals surface area contributed by atoms with E-state index in [1.807, 2.05) is 0 Å². The van der Waals surface area contributed by atoms with Gasteiger partial charge in [-0.1, -0.05) is 47.5 Å². The zero-order chi connectivity index (χ0) is 18.5. The second-order valence-electron chi connectivity index (χ2n) is 8.60. The van der Waals surface area contributed by atoms with Crippen molar-refractivity contribution in [3.8, 4) is 0 Å². The van der Waals surface area contributed by atoms with Crippen LogP contribution in [0.1, 0.15) is 66.7 Å². The summed E-state index contributed by atoms with van der Waals surface area (Å²) in [6, 6.07) is 0. The molecular formula is C21H44N2O2. The SMILES string of the molecule is CCCC(C)(C)CCCOCCN1CCO[C@H](CNCC(C)CC)C1. The lowest BCUT2D eigenvalue weighted by molar-refractivity contribution is -0.0353. The van der Waals surface area contributed by atoms with Crippen molar-refractivity contribution in [3.05, 3.63) is 0 Å². The predicted octanol–water partition coefficient (Wildman–Crippen LogP) is 3.95. The summed E-state index contributed by atoms with van der Waals surface area (Å²) in [6.45, 7) is 19.3. The Balaban J connectivity index is 2.05. The molecule has 0 radical (unpaired) electrons. The van der Waals surface area contributed by atoms with Gasteiger partial charge in [0.2, 0.25) is 0 Å². The van der Waals surface area contributed by atoms with Crippen molar-refractivity contribution < 1.29 is 9.47 Å². The number of rotatable bonds is 14. The standard InChI is InChI=1S/C21H44N2O2/c1-6-9-21(4,5)10-8-13-24-14-11-23-12-15-25-20(18-23)17-22-16-19(3)7-2/h19-20,22H,6-18H2,1-5H3/t19?,20-/m1/s1. The molecule has 0 aromatic heterocycles. The third-order valence-electron chi connectivity index (χ3n) is 5.41. The molecule has 0 bridgehead atoms. The Labute approximate surface area is 157 Å². The first-order chi connectivity index (χ1) is 12.0. The molecule has 1 rings (SSSR count). The highest BCUT2D eigenvalue weighted by atomic mass is 16.5. The third kappa shape index (κ3) is 11.2. The van der Waals surface area contributed by atoms with E-state index in [4.69, 9.17) is 9.47 Å². The van der Waals surface area contributed by atoms with Crippen molar-refractivity contribution >= 4 is 0 Å². The highest BCUT2D eigenvalue weighted by molar-refractivity contribution is 4.74. The first-order valence-corrected chi connectivity index (χ1v) is 10.6. The normalized spacial score (nSPS) is 20.8. The summed E-state index contributed by atoms with van der Waals surface area (Å²) in [6.07, 6.45) is 6.59. The minimum atomic E-state index is 0.327. The fourth-order valence-electron chi connectivity index (χ4n) is 3.49.